The average molecular weight is 404 g/mol. The van der Waals surface area contributed by atoms with Gasteiger partial charge in [-0.1, -0.05) is 28.1 Å². The van der Waals surface area contributed by atoms with Gasteiger partial charge in [-0.25, -0.2) is 4.68 Å². The van der Waals surface area contributed by atoms with Gasteiger partial charge in [0.25, 0.3) is 0 Å². The van der Waals surface area contributed by atoms with E-state index in [1.54, 1.807) is 11.3 Å². The highest BCUT2D eigenvalue weighted by molar-refractivity contribution is 9.10. The molecule has 0 N–H and O–H groups in total. The van der Waals surface area contributed by atoms with Gasteiger partial charge in [-0.15, -0.1) is 11.3 Å². The summed E-state index contributed by atoms with van der Waals surface area (Å²) in [5, 5.41) is 6.85. The Bertz CT molecular complexity index is 932. The molecular weight excluding hydrogens is 386 g/mol. The maximum Gasteiger partial charge on any atom is 0.206 e. The summed E-state index contributed by atoms with van der Waals surface area (Å²) in [6.45, 7) is 6.62. The van der Waals surface area contributed by atoms with Crippen molar-refractivity contribution >= 4 is 33.0 Å². The lowest BCUT2D eigenvalue weighted by Crippen LogP contribution is -2.14. The molecule has 24 heavy (non-hydrogen) atoms. The van der Waals surface area contributed by atoms with Crippen molar-refractivity contribution in [3.63, 3.8) is 0 Å². The number of benzene rings is 1. The van der Waals surface area contributed by atoms with Crippen LogP contribution in [0.4, 0.5) is 0 Å². The maximum absolute atomic E-state index is 5.68. The molecule has 0 spiro atoms. The molecule has 0 saturated carbocycles. The van der Waals surface area contributed by atoms with Crippen LogP contribution in [0.1, 0.15) is 25.4 Å². The lowest BCUT2D eigenvalue weighted by Gasteiger charge is -2.05. The fourth-order valence-corrected chi connectivity index (χ4v) is 3.45. The van der Waals surface area contributed by atoms with Gasteiger partial charge >= 0.3 is 0 Å². The number of thiazole rings is 1. The number of hydrogen-bond donors (Lipinski definition) is 0. The van der Waals surface area contributed by atoms with Crippen molar-refractivity contribution in [2.45, 2.75) is 20.8 Å². The van der Waals surface area contributed by atoms with Gasteiger partial charge in [0, 0.05) is 22.0 Å². The minimum absolute atomic E-state index is 0.717. The lowest BCUT2D eigenvalue weighted by atomic mass is 10.2. The van der Waals surface area contributed by atoms with E-state index in [0.29, 0.717) is 6.54 Å². The van der Waals surface area contributed by atoms with Crippen molar-refractivity contribution in [1.82, 2.24) is 4.68 Å². The molecule has 2 aromatic heterocycles. The molecule has 3 rings (SSSR count). The van der Waals surface area contributed by atoms with Gasteiger partial charge in [-0.05, 0) is 45.0 Å². The van der Waals surface area contributed by atoms with E-state index in [1.165, 1.54) is 0 Å². The Hall–Kier alpha value is -1.92. The number of rotatable bonds is 4. The van der Waals surface area contributed by atoms with Crippen LogP contribution in [0.15, 0.2) is 60.8 Å². The fourth-order valence-electron chi connectivity index (χ4n) is 2.29. The quantitative estimate of drug-likeness (QED) is 0.560. The Morgan fingerprint density at radius 2 is 1.96 bits per heavy atom. The van der Waals surface area contributed by atoms with Crippen LogP contribution in [-0.2, 0) is 0 Å². The molecule has 0 aliphatic heterocycles. The first-order valence-electron chi connectivity index (χ1n) is 7.68. The van der Waals surface area contributed by atoms with Crippen LogP contribution in [0.3, 0.4) is 0 Å². The standard InChI is InChI=1S/C18H18BrN3OS/c1-4-20-18-22(21-13(3)17-10-5-12(2)23-17)16(11-24-18)14-6-8-15(19)9-7-14/h5-11H,4H2,1-3H3. The summed E-state index contributed by atoms with van der Waals surface area (Å²) < 4.78 is 8.62. The second-order valence-electron chi connectivity index (χ2n) is 5.29. The molecular formula is C18H18BrN3OS. The van der Waals surface area contributed by atoms with Crippen molar-refractivity contribution in [2.24, 2.45) is 10.1 Å². The van der Waals surface area contributed by atoms with Crippen LogP contribution < -0.4 is 4.80 Å². The summed E-state index contributed by atoms with van der Waals surface area (Å²) in [4.78, 5) is 5.43. The first-order valence-corrected chi connectivity index (χ1v) is 9.35. The summed E-state index contributed by atoms with van der Waals surface area (Å²) in [7, 11) is 0. The monoisotopic (exact) mass is 403 g/mol. The van der Waals surface area contributed by atoms with E-state index in [2.05, 4.69) is 38.4 Å². The van der Waals surface area contributed by atoms with E-state index in [1.807, 2.05) is 49.7 Å². The van der Waals surface area contributed by atoms with Crippen molar-refractivity contribution in [2.75, 3.05) is 6.54 Å². The van der Waals surface area contributed by atoms with Gasteiger partial charge in [-0.2, -0.15) is 5.10 Å². The van der Waals surface area contributed by atoms with Gasteiger partial charge in [0.1, 0.15) is 17.2 Å². The van der Waals surface area contributed by atoms with Crippen molar-refractivity contribution in [3.05, 3.63) is 62.6 Å². The minimum atomic E-state index is 0.717. The summed E-state index contributed by atoms with van der Waals surface area (Å²) in [6.07, 6.45) is 0. The van der Waals surface area contributed by atoms with E-state index in [9.17, 15) is 0 Å². The molecule has 2 heterocycles. The predicted molar refractivity (Wildman–Crippen MR) is 103 cm³/mol. The molecule has 1 aromatic carbocycles. The van der Waals surface area contributed by atoms with Gasteiger partial charge in [0.2, 0.25) is 4.80 Å². The zero-order chi connectivity index (χ0) is 17.1. The van der Waals surface area contributed by atoms with Gasteiger partial charge < -0.3 is 4.42 Å². The summed E-state index contributed by atoms with van der Waals surface area (Å²) in [5.74, 6) is 1.65. The van der Waals surface area contributed by atoms with E-state index < -0.39 is 0 Å². The Labute approximate surface area is 153 Å². The number of halogens is 1. The summed E-state index contributed by atoms with van der Waals surface area (Å²) in [5.41, 5.74) is 2.93. The zero-order valence-electron chi connectivity index (χ0n) is 13.8. The first kappa shape index (κ1) is 16.9. The van der Waals surface area contributed by atoms with Gasteiger partial charge in [0.05, 0.1) is 5.69 Å². The largest absolute Gasteiger partial charge is 0.460 e. The number of aryl methyl sites for hydroxylation is 1. The van der Waals surface area contributed by atoms with E-state index in [0.717, 1.165) is 37.8 Å². The third kappa shape index (κ3) is 3.60. The summed E-state index contributed by atoms with van der Waals surface area (Å²) in [6, 6.07) is 12.1. The molecule has 0 bridgehead atoms. The number of nitrogens with zero attached hydrogens (tertiary/aromatic N) is 3. The molecule has 0 unspecified atom stereocenters. The second-order valence-corrected chi connectivity index (χ2v) is 7.04. The normalized spacial score (nSPS) is 12.8. The van der Waals surface area contributed by atoms with E-state index in [4.69, 9.17) is 9.52 Å². The highest BCUT2D eigenvalue weighted by Gasteiger charge is 2.10. The van der Waals surface area contributed by atoms with Gasteiger partial charge in [-0.3, -0.25) is 4.99 Å². The molecule has 0 atom stereocenters. The van der Waals surface area contributed by atoms with Crippen LogP contribution in [0.2, 0.25) is 0 Å². The Morgan fingerprint density at radius 1 is 1.21 bits per heavy atom. The molecule has 124 valence electrons. The van der Waals surface area contributed by atoms with Crippen LogP contribution in [0.25, 0.3) is 11.3 Å². The summed E-state index contributed by atoms with van der Waals surface area (Å²) >= 11 is 5.07. The van der Waals surface area contributed by atoms with Crippen molar-refractivity contribution in [3.8, 4) is 11.3 Å². The van der Waals surface area contributed by atoms with Gasteiger partial charge in [0.15, 0.2) is 0 Å². The van der Waals surface area contributed by atoms with Crippen molar-refractivity contribution in [1.29, 1.82) is 0 Å². The molecule has 0 radical (unpaired) electrons. The molecule has 0 amide bonds. The van der Waals surface area contributed by atoms with E-state index in [-0.39, 0.29) is 0 Å². The van der Waals surface area contributed by atoms with Crippen LogP contribution in [0.5, 0.6) is 0 Å². The molecule has 0 saturated heterocycles. The smallest absolute Gasteiger partial charge is 0.206 e. The van der Waals surface area contributed by atoms with E-state index >= 15 is 0 Å². The molecule has 3 aromatic rings. The Kier molecular flexibility index (Phi) is 5.16. The fraction of sp³-hybridized carbons (Fsp3) is 0.222. The maximum atomic E-state index is 5.68. The van der Waals surface area contributed by atoms with Crippen LogP contribution >= 0.6 is 27.3 Å². The number of hydrogen-bond acceptors (Lipinski definition) is 4. The molecule has 0 aliphatic rings. The molecule has 0 aliphatic carbocycles. The van der Waals surface area contributed by atoms with Crippen LogP contribution in [0, 0.1) is 6.92 Å². The molecule has 6 heteroatoms. The Morgan fingerprint density at radius 3 is 2.58 bits per heavy atom. The molecule has 4 nitrogen and oxygen atoms in total. The zero-order valence-corrected chi connectivity index (χ0v) is 16.2. The van der Waals surface area contributed by atoms with Crippen molar-refractivity contribution < 1.29 is 4.42 Å². The second kappa shape index (κ2) is 7.32. The minimum Gasteiger partial charge on any atom is -0.460 e. The number of aromatic nitrogens is 1. The molecule has 0 fully saturated rings. The first-order chi connectivity index (χ1) is 11.6. The lowest BCUT2D eigenvalue weighted by molar-refractivity contribution is 0.524. The Balaban J connectivity index is 2.13. The predicted octanol–water partition coefficient (Wildman–Crippen LogP) is 5.07. The number of furan rings is 1. The van der Waals surface area contributed by atoms with Crippen LogP contribution in [-0.4, -0.2) is 16.9 Å². The average Bonchev–Trinajstić information content (AvgIpc) is 3.16. The third-order valence-corrected chi connectivity index (χ3v) is 4.85. The SMILES string of the molecule is CCN=c1scc(-c2ccc(Br)cc2)n1N=C(C)c1ccc(C)o1. The topological polar surface area (TPSA) is 42.8 Å². The third-order valence-electron chi connectivity index (χ3n) is 3.47. The highest BCUT2D eigenvalue weighted by Crippen LogP contribution is 2.23. The highest BCUT2D eigenvalue weighted by atomic mass is 79.9.